The van der Waals surface area contributed by atoms with Crippen LogP contribution in [-0.4, -0.2) is 37.9 Å². The van der Waals surface area contributed by atoms with Crippen molar-refractivity contribution in [1.82, 2.24) is 4.98 Å². The van der Waals surface area contributed by atoms with Crippen LogP contribution in [0.1, 0.15) is 18.4 Å². The van der Waals surface area contributed by atoms with E-state index in [4.69, 9.17) is 0 Å². The van der Waals surface area contributed by atoms with E-state index >= 15 is 0 Å². The van der Waals surface area contributed by atoms with E-state index in [1.165, 1.54) is 30.5 Å². The first-order valence-corrected chi connectivity index (χ1v) is 10.7. The second-order valence-corrected chi connectivity index (χ2v) is 8.83. The Morgan fingerprint density at radius 2 is 1.75 bits per heavy atom. The maximum Gasteiger partial charge on any atom is 0.257 e. The van der Waals surface area contributed by atoms with Crippen LogP contribution in [0.4, 0.5) is 14.6 Å². The van der Waals surface area contributed by atoms with Gasteiger partial charge in [-0.15, -0.1) is 0 Å². The van der Waals surface area contributed by atoms with Crippen molar-refractivity contribution in [2.75, 3.05) is 11.6 Å². The Balaban J connectivity index is 1.93. The van der Waals surface area contributed by atoms with Crippen molar-refractivity contribution in [1.29, 1.82) is 0 Å². The summed E-state index contributed by atoms with van der Waals surface area (Å²) in [5.41, 5.74) is 0.676. The lowest BCUT2D eigenvalue weighted by Gasteiger charge is -2.12. The Hall–Kier alpha value is -2.61. The smallest absolute Gasteiger partial charge is 0.257 e. The Morgan fingerprint density at radius 3 is 2.29 bits per heavy atom. The number of carbonyl (C=O) groups is 1. The van der Waals surface area contributed by atoms with E-state index < -0.39 is 34.0 Å². The van der Waals surface area contributed by atoms with Gasteiger partial charge in [0.1, 0.15) is 18.2 Å². The first-order chi connectivity index (χ1) is 13.2. The molecule has 1 aromatic carbocycles. The lowest BCUT2D eigenvalue weighted by atomic mass is 9.98. The topological polar surface area (TPSA) is 76.1 Å². The summed E-state index contributed by atoms with van der Waals surface area (Å²) in [6.07, 6.45) is 1.08. The highest BCUT2D eigenvalue weighted by Gasteiger charge is 2.34. The number of aromatic nitrogens is 1. The monoisotopic (exact) mass is 406 g/mol. The molecule has 0 bridgehead atoms. The number of sulfone groups is 1. The largest absolute Gasteiger partial charge is 0.307 e. The quantitative estimate of drug-likeness (QED) is 0.770. The van der Waals surface area contributed by atoms with Crippen molar-refractivity contribution in [3.05, 3.63) is 60.3 Å². The highest BCUT2D eigenvalue weighted by atomic mass is 32.2. The number of carbonyl (C=O) groups excluding carboxylic acids is 1. The third-order valence-electron chi connectivity index (χ3n) is 4.60. The molecule has 1 fully saturated rings. The molecule has 0 spiro atoms. The van der Waals surface area contributed by atoms with Gasteiger partial charge in [0, 0.05) is 18.0 Å². The summed E-state index contributed by atoms with van der Waals surface area (Å²) < 4.78 is 50.5. The van der Waals surface area contributed by atoms with E-state index in [1.54, 1.807) is 24.3 Å². The standard InChI is InChI=1S/C20H20F2N2O3S/c1-28(26,27)15-7-5-14(6-8-15)16(10-13-11-17(21)18(22)12-13)20(25)24-19-4-2-3-9-23-19/h2-10,13,17-18H,11-12H2,1H3,(H,23,24,25)/b16-10+/t13?,17-,18+. The molecule has 3 rings (SSSR count). The number of hydrogen-bond acceptors (Lipinski definition) is 4. The van der Waals surface area contributed by atoms with Gasteiger partial charge in [-0.05, 0) is 48.6 Å². The number of allylic oxidation sites excluding steroid dienone is 1. The van der Waals surface area contributed by atoms with E-state index in [-0.39, 0.29) is 23.3 Å². The minimum Gasteiger partial charge on any atom is -0.307 e. The Bertz CT molecular complexity index is 966. The molecule has 8 heteroatoms. The average molecular weight is 406 g/mol. The Morgan fingerprint density at radius 1 is 1.11 bits per heavy atom. The molecule has 1 aromatic heterocycles. The van der Waals surface area contributed by atoms with Crippen molar-refractivity contribution < 1.29 is 22.0 Å². The summed E-state index contributed by atoms with van der Waals surface area (Å²) in [4.78, 5) is 17.0. The lowest BCUT2D eigenvalue weighted by Crippen LogP contribution is -2.15. The first kappa shape index (κ1) is 20.1. The van der Waals surface area contributed by atoms with Crippen molar-refractivity contribution in [3.8, 4) is 0 Å². The van der Waals surface area contributed by atoms with Crippen LogP contribution in [0.25, 0.3) is 5.57 Å². The van der Waals surface area contributed by atoms with Crippen LogP contribution < -0.4 is 5.32 Å². The average Bonchev–Trinajstić information content (AvgIpc) is 2.97. The second kappa shape index (κ2) is 8.18. The number of nitrogens with one attached hydrogen (secondary N) is 1. The number of benzene rings is 1. The highest BCUT2D eigenvalue weighted by Crippen LogP contribution is 2.34. The van der Waals surface area contributed by atoms with Crippen LogP contribution in [-0.2, 0) is 14.6 Å². The molecule has 0 saturated heterocycles. The molecule has 1 aliphatic rings. The van der Waals surface area contributed by atoms with Gasteiger partial charge in [0.2, 0.25) is 0 Å². The Labute approximate surface area is 162 Å². The second-order valence-electron chi connectivity index (χ2n) is 6.81. The highest BCUT2D eigenvalue weighted by molar-refractivity contribution is 7.90. The molecule has 1 N–H and O–H groups in total. The van der Waals surface area contributed by atoms with Crippen molar-refractivity contribution in [3.63, 3.8) is 0 Å². The lowest BCUT2D eigenvalue weighted by molar-refractivity contribution is -0.111. The predicted molar refractivity (Wildman–Crippen MR) is 103 cm³/mol. The zero-order valence-electron chi connectivity index (χ0n) is 15.2. The summed E-state index contributed by atoms with van der Waals surface area (Å²) in [5, 5.41) is 2.66. The fourth-order valence-electron chi connectivity index (χ4n) is 3.15. The summed E-state index contributed by atoms with van der Waals surface area (Å²) in [7, 11) is -3.38. The molecule has 0 aliphatic heterocycles. The third-order valence-corrected chi connectivity index (χ3v) is 5.72. The van der Waals surface area contributed by atoms with E-state index in [2.05, 4.69) is 10.3 Å². The van der Waals surface area contributed by atoms with Crippen LogP contribution >= 0.6 is 0 Å². The van der Waals surface area contributed by atoms with Gasteiger partial charge in [-0.1, -0.05) is 24.3 Å². The minimum absolute atomic E-state index is 0.00293. The maximum absolute atomic E-state index is 13.6. The molecule has 1 unspecified atom stereocenters. The van der Waals surface area contributed by atoms with Gasteiger partial charge in [-0.25, -0.2) is 22.2 Å². The van der Waals surface area contributed by atoms with Crippen molar-refractivity contribution >= 4 is 27.1 Å². The minimum atomic E-state index is -3.38. The van der Waals surface area contributed by atoms with E-state index in [0.29, 0.717) is 11.4 Å². The third kappa shape index (κ3) is 4.81. The molecular weight excluding hydrogens is 386 g/mol. The maximum atomic E-state index is 13.6. The molecule has 1 amide bonds. The number of nitrogens with zero attached hydrogens (tertiary/aromatic N) is 1. The van der Waals surface area contributed by atoms with E-state index in [0.717, 1.165) is 6.26 Å². The van der Waals surface area contributed by atoms with E-state index in [9.17, 15) is 22.0 Å². The molecule has 0 radical (unpaired) electrons. The predicted octanol–water partition coefficient (Wildman–Crippen LogP) is 3.59. The van der Waals surface area contributed by atoms with Crippen LogP contribution in [0, 0.1) is 5.92 Å². The van der Waals surface area contributed by atoms with Crippen molar-refractivity contribution in [2.24, 2.45) is 5.92 Å². The summed E-state index contributed by atoms with van der Waals surface area (Å²) in [5.74, 6) is -0.572. The number of anilines is 1. The molecule has 1 aliphatic carbocycles. The number of rotatable bonds is 5. The zero-order chi connectivity index (χ0) is 20.3. The van der Waals surface area contributed by atoms with Crippen LogP contribution in [0.2, 0.25) is 0 Å². The van der Waals surface area contributed by atoms with Gasteiger partial charge in [0.05, 0.1) is 4.90 Å². The number of alkyl halides is 2. The molecular formula is C20H20F2N2O3S. The summed E-state index contributed by atoms with van der Waals surface area (Å²) in [6, 6.07) is 10.9. The zero-order valence-corrected chi connectivity index (χ0v) is 16.0. The molecule has 1 saturated carbocycles. The van der Waals surface area contributed by atoms with Crippen LogP contribution in [0.15, 0.2) is 59.6 Å². The number of amides is 1. The fourth-order valence-corrected chi connectivity index (χ4v) is 3.78. The van der Waals surface area contributed by atoms with Gasteiger partial charge < -0.3 is 5.32 Å². The summed E-state index contributed by atoms with van der Waals surface area (Å²) >= 11 is 0. The first-order valence-electron chi connectivity index (χ1n) is 8.77. The SMILES string of the molecule is CS(=O)(=O)c1ccc(/C(=C\C2C[C@@H](F)[C@@H](F)C2)C(=O)Nc2ccccn2)cc1. The van der Waals surface area contributed by atoms with Gasteiger partial charge in [-0.2, -0.15) is 0 Å². The summed E-state index contributed by atoms with van der Waals surface area (Å²) in [6.45, 7) is 0. The number of pyridine rings is 1. The molecule has 3 atom stereocenters. The van der Waals surface area contributed by atoms with Gasteiger partial charge in [-0.3, -0.25) is 4.79 Å². The van der Waals surface area contributed by atoms with Crippen molar-refractivity contribution in [2.45, 2.75) is 30.1 Å². The molecule has 5 nitrogen and oxygen atoms in total. The van der Waals surface area contributed by atoms with E-state index in [1.807, 2.05) is 0 Å². The van der Waals surface area contributed by atoms with Gasteiger partial charge in [0.25, 0.3) is 5.91 Å². The number of halogens is 2. The van der Waals surface area contributed by atoms with Crippen LogP contribution in [0.3, 0.4) is 0 Å². The van der Waals surface area contributed by atoms with Gasteiger partial charge in [0.15, 0.2) is 9.84 Å². The Kier molecular flexibility index (Phi) is 5.88. The molecule has 148 valence electrons. The molecule has 2 aromatic rings. The van der Waals surface area contributed by atoms with Gasteiger partial charge >= 0.3 is 0 Å². The molecule has 1 heterocycles. The van der Waals surface area contributed by atoms with Crippen LogP contribution in [0.5, 0.6) is 0 Å². The molecule has 28 heavy (non-hydrogen) atoms. The number of hydrogen-bond donors (Lipinski definition) is 1. The fraction of sp³-hybridized carbons (Fsp3) is 0.300. The normalized spacial score (nSPS) is 22.8.